The van der Waals surface area contributed by atoms with Gasteiger partial charge in [0.2, 0.25) is 0 Å². The smallest absolute Gasteiger partial charge is 0.327 e. The van der Waals surface area contributed by atoms with Crippen LogP contribution in [0.1, 0.15) is 51.5 Å². The normalized spacial score (nSPS) is 16.9. The number of nitrogens with zero attached hydrogens (tertiary/aromatic N) is 2. The fraction of sp³-hybridized carbons (Fsp3) is 0.667. The number of H-pyrrole nitrogens is 1. The molecule has 0 spiro atoms. The molecule has 2 heterocycles. The number of aromatic amines is 1. The highest BCUT2D eigenvalue weighted by Gasteiger charge is 2.16. The van der Waals surface area contributed by atoms with Crippen molar-refractivity contribution in [3.05, 3.63) is 26.4 Å². The summed E-state index contributed by atoms with van der Waals surface area (Å²) in [6.45, 7) is 5.80. The minimum absolute atomic E-state index is 0.00576. The molecule has 122 valence electrons. The van der Waals surface area contributed by atoms with Crippen LogP contribution in [0.4, 0.5) is 0 Å². The standard InChI is InChI=1S/C15H24N4O3/c1-3-4-10-19-14(21)12(13(20)16-15(19)22)11(2)17-18-8-6-5-7-9-18/h21H,3-10H2,1-2H3,(H,16,20,22)/b17-11+. The number of piperidine rings is 1. The highest BCUT2D eigenvalue weighted by molar-refractivity contribution is 5.99. The van der Waals surface area contributed by atoms with Gasteiger partial charge in [-0.25, -0.2) is 9.80 Å². The topological polar surface area (TPSA) is 94.7 Å². The summed E-state index contributed by atoms with van der Waals surface area (Å²) in [6.07, 6.45) is 4.98. The molecule has 0 aromatic carbocycles. The summed E-state index contributed by atoms with van der Waals surface area (Å²) in [5.74, 6) is -0.528. The van der Waals surface area contributed by atoms with E-state index in [2.05, 4.69) is 10.1 Å². The lowest BCUT2D eigenvalue weighted by molar-refractivity contribution is -0.911. The van der Waals surface area contributed by atoms with Crippen LogP contribution in [0.15, 0.2) is 14.7 Å². The molecule has 22 heavy (non-hydrogen) atoms. The van der Waals surface area contributed by atoms with Gasteiger partial charge >= 0.3 is 5.69 Å². The third-order valence-electron chi connectivity index (χ3n) is 4.01. The summed E-state index contributed by atoms with van der Waals surface area (Å²) in [5, 5.41) is 18.0. The first-order chi connectivity index (χ1) is 10.5. The Balaban J connectivity index is 2.38. The molecule has 1 saturated heterocycles. The van der Waals surface area contributed by atoms with Gasteiger partial charge in [-0.2, -0.15) is 0 Å². The second kappa shape index (κ2) is 7.40. The van der Waals surface area contributed by atoms with E-state index in [1.54, 1.807) is 6.92 Å². The minimum Gasteiger partial charge on any atom is -0.859 e. The lowest BCUT2D eigenvalue weighted by Crippen LogP contribution is -3.08. The van der Waals surface area contributed by atoms with E-state index in [1.807, 2.05) is 6.92 Å². The molecular weight excluding hydrogens is 284 g/mol. The van der Waals surface area contributed by atoms with Crippen LogP contribution in [0, 0.1) is 0 Å². The summed E-state index contributed by atoms with van der Waals surface area (Å²) >= 11 is 0. The number of aromatic nitrogens is 2. The van der Waals surface area contributed by atoms with Gasteiger partial charge in [0.05, 0.1) is 5.56 Å². The van der Waals surface area contributed by atoms with E-state index >= 15 is 0 Å². The number of rotatable bonds is 5. The van der Waals surface area contributed by atoms with Gasteiger partial charge in [0.1, 0.15) is 18.8 Å². The first-order valence-electron chi connectivity index (χ1n) is 7.99. The fourth-order valence-corrected chi connectivity index (χ4v) is 2.75. The molecule has 0 radical (unpaired) electrons. The Morgan fingerprint density at radius 3 is 2.64 bits per heavy atom. The zero-order valence-corrected chi connectivity index (χ0v) is 13.3. The van der Waals surface area contributed by atoms with E-state index in [0.717, 1.165) is 41.9 Å². The molecule has 0 saturated carbocycles. The van der Waals surface area contributed by atoms with E-state index in [0.29, 0.717) is 18.7 Å². The van der Waals surface area contributed by atoms with Crippen LogP contribution >= 0.6 is 0 Å². The molecule has 0 amide bonds. The Hall–Kier alpha value is -1.89. The summed E-state index contributed by atoms with van der Waals surface area (Å²) in [5.41, 5.74) is -0.868. The van der Waals surface area contributed by atoms with Gasteiger partial charge in [0, 0.05) is 6.54 Å². The Labute approximate surface area is 129 Å². The van der Waals surface area contributed by atoms with Gasteiger partial charge < -0.3 is 9.67 Å². The molecule has 1 aliphatic rings. The SMILES string of the molecule is CCCCn1c([O-])c(/C(C)=N/[NH+]2CCCCC2)c(=O)[nH]c1=O. The number of hydrogen-bond donors (Lipinski definition) is 2. The third kappa shape index (κ3) is 3.65. The zero-order chi connectivity index (χ0) is 16.1. The summed E-state index contributed by atoms with van der Waals surface area (Å²) in [6, 6.07) is 0. The van der Waals surface area contributed by atoms with Gasteiger partial charge in [0.15, 0.2) is 0 Å². The van der Waals surface area contributed by atoms with E-state index in [1.165, 1.54) is 6.42 Å². The Kier molecular flexibility index (Phi) is 5.54. The second-order valence-electron chi connectivity index (χ2n) is 5.77. The molecule has 0 atom stereocenters. The van der Waals surface area contributed by atoms with E-state index in [9.17, 15) is 14.7 Å². The van der Waals surface area contributed by atoms with Crippen molar-refractivity contribution in [3.63, 3.8) is 0 Å². The van der Waals surface area contributed by atoms with Crippen LogP contribution in [0.25, 0.3) is 0 Å². The average Bonchev–Trinajstić information content (AvgIpc) is 2.47. The Morgan fingerprint density at radius 2 is 2.00 bits per heavy atom. The van der Waals surface area contributed by atoms with Crippen molar-refractivity contribution in [3.8, 4) is 5.88 Å². The molecule has 0 aliphatic carbocycles. The summed E-state index contributed by atoms with van der Waals surface area (Å²) < 4.78 is 1.10. The van der Waals surface area contributed by atoms with Crippen LogP contribution in [-0.4, -0.2) is 28.4 Å². The second-order valence-corrected chi connectivity index (χ2v) is 5.77. The minimum atomic E-state index is -0.639. The van der Waals surface area contributed by atoms with Crippen molar-refractivity contribution in [2.45, 2.75) is 52.5 Å². The Morgan fingerprint density at radius 1 is 1.32 bits per heavy atom. The van der Waals surface area contributed by atoms with Gasteiger partial charge in [-0.3, -0.25) is 9.78 Å². The maximum absolute atomic E-state index is 12.5. The maximum atomic E-state index is 12.5. The number of quaternary nitrogens is 1. The molecular formula is C15H24N4O3. The van der Waals surface area contributed by atoms with Gasteiger partial charge in [-0.05, 0) is 38.5 Å². The molecule has 7 nitrogen and oxygen atoms in total. The molecule has 2 rings (SSSR count). The average molecular weight is 308 g/mol. The monoisotopic (exact) mass is 308 g/mol. The number of nitrogens with one attached hydrogen (secondary N) is 2. The van der Waals surface area contributed by atoms with Crippen molar-refractivity contribution in [2.75, 3.05) is 13.1 Å². The van der Waals surface area contributed by atoms with Crippen molar-refractivity contribution in [1.29, 1.82) is 0 Å². The lowest BCUT2D eigenvalue weighted by atomic mass is 10.1. The van der Waals surface area contributed by atoms with E-state index < -0.39 is 17.1 Å². The molecule has 0 unspecified atom stereocenters. The molecule has 1 aliphatic heterocycles. The molecule has 7 heteroatoms. The largest absolute Gasteiger partial charge is 0.859 e. The van der Waals surface area contributed by atoms with Crippen LogP contribution in [0.3, 0.4) is 0 Å². The van der Waals surface area contributed by atoms with Crippen LogP contribution < -0.4 is 21.4 Å². The first kappa shape index (κ1) is 16.5. The van der Waals surface area contributed by atoms with Crippen LogP contribution in [0.2, 0.25) is 0 Å². The predicted molar refractivity (Wildman–Crippen MR) is 82.4 cm³/mol. The first-order valence-corrected chi connectivity index (χ1v) is 7.99. The molecule has 0 bridgehead atoms. The van der Waals surface area contributed by atoms with Crippen molar-refractivity contribution >= 4 is 5.71 Å². The van der Waals surface area contributed by atoms with Gasteiger partial charge in [-0.15, -0.1) is 0 Å². The highest BCUT2D eigenvalue weighted by atomic mass is 16.3. The molecule has 1 aromatic rings. The fourth-order valence-electron chi connectivity index (χ4n) is 2.75. The predicted octanol–water partition coefficient (Wildman–Crippen LogP) is -0.797. The van der Waals surface area contributed by atoms with Crippen LogP contribution in [0.5, 0.6) is 5.88 Å². The number of unbranched alkanes of at least 4 members (excludes halogenated alkanes) is 1. The molecule has 2 N–H and O–H groups in total. The van der Waals surface area contributed by atoms with Crippen molar-refractivity contribution in [2.24, 2.45) is 5.10 Å². The highest BCUT2D eigenvalue weighted by Crippen LogP contribution is 2.08. The van der Waals surface area contributed by atoms with E-state index in [-0.39, 0.29) is 5.56 Å². The number of hydrogen-bond acceptors (Lipinski definition) is 4. The van der Waals surface area contributed by atoms with Crippen LogP contribution in [-0.2, 0) is 6.54 Å². The zero-order valence-electron chi connectivity index (χ0n) is 13.3. The lowest BCUT2D eigenvalue weighted by Gasteiger charge is -2.21. The van der Waals surface area contributed by atoms with Gasteiger partial charge in [0.25, 0.3) is 5.56 Å². The third-order valence-corrected chi connectivity index (χ3v) is 4.01. The Bertz CT molecular complexity index is 654. The summed E-state index contributed by atoms with van der Waals surface area (Å²) in [7, 11) is 0. The summed E-state index contributed by atoms with van der Waals surface area (Å²) in [4.78, 5) is 26.0. The quantitative estimate of drug-likeness (QED) is 0.697. The molecule has 1 aromatic heterocycles. The van der Waals surface area contributed by atoms with Crippen molar-refractivity contribution in [1.82, 2.24) is 9.55 Å². The maximum Gasteiger partial charge on any atom is 0.327 e. The van der Waals surface area contributed by atoms with Gasteiger partial charge in [-0.1, -0.05) is 18.4 Å². The molecule has 1 fully saturated rings. The van der Waals surface area contributed by atoms with E-state index in [4.69, 9.17) is 0 Å². The van der Waals surface area contributed by atoms with Crippen molar-refractivity contribution < 1.29 is 10.1 Å².